The minimum Gasteiger partial charge on any atom is -0.487 e. The van der Waals surface area contributed by atoms with E-state index in [1.54, 1.807) is 6.92 Å². The summed E-state index contributed by atoms with van der Waals surface area (Å²) in [5.41, 5.74) is 0. The molecule has 0 unspecified atom stereocenters. The van der Waals surface area contributed by atoms with Crippen molar-refractivity contribution in [2.75, 3.05) is 26.2 Å². The molecule has 0 saturated carbocycles. The quantitative estimate of drug-likeness (QED) is 0.349. The lowest BCUT2D eigenvalue weighted by atomic mass is 10.3. The first-order chi connectivity index (χ1) is 6.70. The second kappa shape index (κ2) is 8.91. The van der Waals surface area contributed by atoms with E-state index in [2.05, 4.69) is 18.1 Å². The van der Waals surface area contributed by atoms with Crippen molar-refractivity contribution in [3.8, 4) is 0 Å². The molecule has 0 bridgehead atoms. The minimum absolute atomic E-state index is 0.615. The Bertz CT molecular complexity index is 182. The summed E-state index contributed by atoms with van der Waals surface area (Å²) in [6, 6.07) is 0. The summed E-state index contributed by atoms with van der Waals surface area (Å²) in [5, 5.41) is 0.615. The summed E-state index contributed by atoms with van der Waals surface area (Å²) in [5.74, 6) is 0. The SMILES string of the molecule is C=CCN(CC=C)CCCOC(C)=S. The van der Waals surface area contributed by atoms with Gasteiger partial charge in [-0.3, -0.25) is 4.90 Å². The van der Waals surface area contributed by atoms with E-state index in [1.807, 2.05) is 12.2 Å². The van der Waals surface area contributed by atoms with E-state index in [4.69, 9.17) is 17.0 Å². The van der Waals surface area contributed by atoms with E-state index in [-0.39, 0.29) is 0 Å². The van der Waals surface area contributed by atoms with Gasteiger partial charge in [0.15, 0.2) is 5.05 Å². The van der Waals surface area contributed by atoms with Gasteiger partial charge in [0.2, 0.25) is 0 Å². The lowest BCUT2D eigenvalue weighted by molar-refractivity contribution is 0.257. The number of hydrogen-bond donors (Lipinski definition) is 0. The molecule has 0 aliphatic heterocycles. The van der Waals surface area contributed by atoms with Gasteiger partial charge in [0.25, 0.3) is 0 Å². The van der Waals surface area contributed by atoms with E-state index in [0.29, 0.717) is 11.7 Å². The third-order valence-electron chi connectivity index (χ3n) is 1.70. The highest BCUT2D eigenvalue weighted by Crippen LogP contribution is 1.94. The Kier molecular flexibility index (Phi) is 8.48. The van der Waals surface area contributed by atoms with Gasteiger partial charge < -0.3 is 4.74 Å². The van der Waals surface area contributed by atoms with E-state index in [0.717, 1.165) is 26.1 Å². The van der Waals surface area contributed by atoms with Crippen molar-refractivity contribution in [3.63, 3.8) is 0 Å². The molecule has 0 aliphatic carbocycles. The highest BCUT2D eigenvalue weighted by molar-refractivity contribution is 7.80. The maximum Gasteiger partial charge on any atom is 0.156 e. The first-order valence-electron chi connectivity index (χ1n) is 4.78. The predicted octanol–water partition coefficient (Wildman–Crippen LogP) is 2.41. The van der Waals surface area contributed by atoms with Gasteiger partial charge in [0, 0.05) is 26.6 Å². The van der Waals surface area contributed by atoms with Crippen LogP contribution < -0.4 is 0 Å². The average Bonchev–Trinajstić information content (AvgIpc) is 2.12. The van der Waals surface area contributed by atoms with Gasteiger partial charge in [-0.05, 0) is 18.6 Å². The predicted molar refractivity (Wildman–Crippen MR) is 65.7 cm³/mol. The molecule has 0 spiro atoms. The monoisotopic (exact) mass is 213 g/mol. The fourth-order valence-corrected chi connectivity index (χ4v) is 1.21. The molecular weight excluding hydrogens is 194 g/mol. The van der Waals surface area contributed by atoms with Crippen LogP contribution in [-0.2, 0) is 4.74 Å². The first-order valence-corrected chi connectivity index (χ1v) is 5.19. The molecule has 0 aromatic heterocycles. The summed E-state index contributed by atoms with van der Waals surface area (Å²) in [6.45, 7) is 12.7. The smallest absolute Gasteiger partial charge is 0.156 e. The lowest BCUT2D eigenvalue weighted by Crippen LogP contribution is -2.26. The Morgan fingerprint density at radius 2 is 1.93 bits per heavy atom. The molecule has 0 fully saturated rings. The topological polar surface area (TPSA) is 12.5 Å². The summed E-state index contributed by atoms with van der Waals surface area (Å²) in [7, 11) is 0. The van der Waals surface area contributed by atoms with Crippen LogP contribution in [0.2, 0.25) is 0 Å². The van der Waals surface area contributed by atoms with Gasteiger partial charge in [-0.25, -0.2) is 0 Å². The van der Waals surface area contributed by atoms with Crippen LogP contribution in [0.25, 0.3) is 0 Å². The molecule has 0 N–H and O–H groups in total. The van der Waals surface area contributed by atoms with Crippen LogP contribution in [0.15, 0.2) is 25.3 Å². The number of hydrogen-bond acceptors (Lipinski definition) is 3. The summed E-state index contributed by atoms with van der Waals surface area (Å²) < 4.78 is 5.20. The van der Waals surface area contributed by atoms with Crippen molar-refractivity contribution in [2.45, 2.75) is 13.3 Å². The Morgan fingerprint density at radius 1 is 1.36 bits per heavy atom. The van der Waals surface area contributed by atoms with Crippen LogP contribution >= 0.6 is 12.2 Å². The van der Waals surface area contributed by atoms with Gasteiger partial charge in [0.1, 0.15) is 0 Å². The van der Waals surface area contributed by atoms with Crippen molar-refractivity contribution >= 4 is 17.3 Å². The Morgan fingerprint density at radius 3 is 2.36 bits per heavy atom. The maximum atomic E-state index is 5.20. The Hall–Kier alpha value is -0.670. The molecule has 14 heavy (non-hydrogen) atoms. The third-order valence-corrected chi connectivity index (χ3v) is 1.82. The summed E-state index contributed by atoms with van der Waals surface area (Å²) >= 11 is 4.81. The van der Waals surface area contributed by atoms with Gasteiger partial charge in [-0.15, -0.1) is 13.2 Å². The Labute approximate surface area is 92.2 Å². The second-order valence-electron chi connectivity index (χ2n) is 3.03. The van der Waals surface area contributed by atoms with Crippen molar-refractivity contribution in [3.05, 3.63) is 25.3 Å². The molecule has 0 saturated heterocycles. The molecular formula is C11H19NOS. The normalized spacial score (nSPS) is 9.86. The van der Waals surface area contributed by atoms with Crippen molar-refractivity contribution < 1.29 is 4.74 Å². The minimum atomic E-state index is 0.615. The molecule has 80 valence electrons. The van der Waals surface area contributed by atoms with E-state index in [1.165, 1.54) is 0 Å². The van der Waals surface area contributed by atoms with Gasteiger partial charge in [-0.1, -0.05) is 12.2 Å². The zero-order chi connectivity index (χ0) is 10.8. The van der Waals surface area contributed by atoms with Gasteiger partial charge in [-0.2, -0.15) is 0 Å². The highest BCUT2D eigenvalue weighted by atomic mass is 32.1. The van der Waals surface area contributed by atoms with Crippen LogP contribution in [0.1, 0.15) is 13.3 Å². The number of thiocarbonyl (C=S) groups is 1. The molecule has 2 nitrogen and oxygen atoms in total. The molecule has 0 amide bonds. The molecule has 3 heteroatoms. The second-order valence-corrected chi connectivity index (χ2v) is 3.61. The van der Waals surface area contributed by atoms with Crippen LogP contribution in [0.3, 0.4) is 0 Å². The first kappa shape index (κ1) is 13.3. The average molecular weight is 213 g/mol. The fraction of sp³-hybridized carbons (Fsp3) is 0.545. The molecule has 0 heterocycles. The van der Waals surface area contributed by atoms with Crippen molar-refractivity contribution in [2.24, 2.45) is 0 Å². The summed E-state index contributed by atoms with van der Waals surface area (Å²) in [4.78, 5) is 2.25. The third kappa shape index (κ3) is 7.95. The largest absolute Gasteiger partial charge is 0.487 e. The van der Waals surface area contributed by atoms with Crippen LogP contribution in [0.4, 0.5) is 0 Å². The van der Waals surface area contributed by atoms with E-state index < -0.39 is 0 Å². The highest BCUT2D eigenvalue weighted by Gasteiger charge is 1.99. The number of rotatable bonds is 8. The van der Waals surface area contributed by atoms with Crippen LogP contribution in [-0.4, -0.2) is 36.2 Å². The molecule has 0 aliphatic rings. The van der Waals surface area contributed by atoms with Crippen LogP contribution in [0.5, 0.6) is 0 Å². The van der Waals surface area contributed by atoms with E-state index >= 15 is 0 Å². The lowest BCUT2D eigenvalue weighted by Gasteiger charge is -2.18. The van der Waals surface area contributed by atoms with Crippen molar-refractivity contribution in [1.29, 1.82) is 0 Å². The van der Waals surface area contributed by atoms with Crippen LogP contribution in [0, 0.1) is 0 Å². The zero-order valence-corrected chi connectivity index (χ0v) is 9.68. The molecule has 0 atom stereocenters. The fourth-order valence-electron chi connectivity index (χ4n) is 1.13. The maximum absolute atomic E-state index is 5.20. The number of nitrogens with zero attached hydrogens (tertiary/aromatic N) is 1. The summed E-state index contributed by atoms with van der Waals surface area (Å²) in [6.07, 6.45) is 4.78. The van der Waals surface area contributed by atoms with Gasteiger partial charge in [0.05, 0.1) is 6.61 Å². The Balaban J connectivity index is 3.53. The standard InChI is InChI=1S/C11H19NOS/c1-4-7-12(8-5-2)9-6-10-13-11(3)14/h4-5H,1-2,6-10H2,3H3. The van der Waals surface area contributed by atoms with Crippen molar-refractivity contribution in [1.82, 2.24) is 4.90 Å². The van der Waals surface area contributed by atoms with Gasteiger partial charge >= 0.3 is 0 Å². The molecule has 0 aromatic carbocycles. The number of ether oxygens (including phenoxy) is 1. The molecule has 0 rings (SSSR count). The zero-order valence-electron chi connectivity index (χ0n) is 8.87. The van der Waals surface area contributed by atoms with E-state index in [9.17, 15) is 0 Å². The molecule has 0 aromatic rings. The molecule has 0 radical (unpaired) electrons.